The lowest BCUT2D eigenvalue weighted by molar-refractivity contribution is 0.260. The maximum Gasteiger partial charge on any atom is 0.156 e. The molecule has 1 saturated heterocycles. The van der Waals surface area contributed by atoms with Crippen molar-refractivity contribution in [2.24, 2.45) is 0 Å². The van der Waals surface area contributed by atoms with E-state index in [1.807, 2.05) is 19.1 Å². The highest BCUT2D eigenvalue weighted by Crippen LogP contribution is 2.34. The second kappa shape index (κ2) is 8.23. The second-order valence-electron chi connectivity index (χ2n) is 5.38. The molecule has 0 saturated carbocycles. The maximum absolute atomic E-state index is 6.22. The molecule has 2 rings (SSSR count). The third-order valence-electron chi connectivity index (χ3n) is 3.96. The topological polar surface area (TPSA) is 24.5 Å². The Labute approximate surface area is 137 Å². The minimum atomic E-state index is 0.561. The molecule has 0 bridgehead atoms. The van der Waals surface area contributed by atoms with E-state index in [4.69, 9.17) is 27.9 Å². The quantitative estimate of drug-likeness (QED) is 0.818. The first-order valence-corrected chi connectivity index (χ1v) is 8.46. The molecule has 0 aliphatic carbocycles. The van der Waals surface area contributed by atoms with Crippen LogP contribution in [0.5, 0.6) is 5.75 Å². The van der Waals surface area contributed by atoms with Crippen LogP contribution in [0.3, 0.4) is 0 Å². The van der Waals surface area contributed by atoms with Gasteiger partial charge in [-0.15, -0.1) is 0 Å². The van der Waals surface area contributed by atoms with Gasteiger partial charge in [0, 0.05) is 19.1 Å². The van der Waals surface area contributed by atoms with Crippen LogP contribution in [0.15, 0.2) is 12.1 Å². The summed E-state index contributed by atoms with van der Waals surface area (Å²) in [5, 5.41) is 4.68. The summed E-state index contributed by atoms with van der Waals surface area (Å²) >= 11 is 12.4. The molecule has 118 valence electrons. The molecule has 0 radical (unpaired) electrons. The zero-order valence-electron chi connectivity index (χ0n) is 12.8. The number of benzene rings is 1. The average Bonchev–Trinajstić information content (AvgIpc) is 2.90. The highest BCUT2D eigenvalue weighted by Gasteiger charge is 2.22. The Kier molecular flexibility index (Phi) is 6.62. The summed E-state index contributed by atoms with van der Waals surface area (Å²) in [4.78, 5) is 2.53. The first kappa shape index (κ1) is 16.9. The van der Waals surface area contributed by atoms with Crippen molar-refractivity contribution in [1.82, 2.24) is 10.2 Å². The number of likely N-dealkylation sites (tertiary alicyclic amines) is 1. The van der Waals surface area contributed by atoms with Gasteiger partial charge in [0.25, 0.3) is 0 Å². The van der Waals surface area contributed by atoms with Crippen molar-refractivity contribution >= 4 is 23.2 Å². The molecule has 0 spiro atoms. The fourth-order valence-electron chi connectivity index (χ4n) is 2.92. The van der Waals surface area contributed by atoms with Gasteiger partial charge in [0.05, 0.1) is 16.7 Å². The maximum atomic E-state index is 6.22. The van der Waals surface area contributed by atoms with E-state index in [2.05, 4.69) is 17.1 Å². The number of nitrogens with zero attached hydrogens (tertiary/aromatic N) is 1. The van der Waals surface area contributed by atoms with E-state index in [1.54, 1.807) is 0 Å². The minimum Gasteiger partial charge on any atom is -0.491 e. The molecule has 0 unspecified atom stereocenters. The van der Waals surface area contributed by atoms with Crippen molar-refractivity contribution < 1.29 is 4.74 Å². The van der Waals surface area contributed by atoms with E-state index in [0.717, 1.165) is 25.2 Å². The van der Waals surface area contributed by atoms with Crippen molar-refractivity contribution in [3.05, 3.63) is 27.7 Å². The summed E-state index contributed by atoms with van der Waals surface area (Å²) in [6, 6.07) is 4.51. The van der Waals surface area contributed by atoms with Crippen molar-refractivity contribution in [3.8, 4) is 5.75 Å². The molecule has 5 heteroatoms. The van der Waals surface area contributed by atoms with Gasteiger partial charge in [0.1, 0.15) is 0 Å². The zero-order chi connectivity index (χ0) is 15.2. The van der Waals surface area contributed by atoms with Crippen LogP contribution in [-0.2, 0) is 6.54 Å². The first-order chi connectivity index (χ1) is 10.2. The highest BCUT2D eigenvalue weighted by atomic mass is 35.5. The largest absolute Gasteiger partial charge is 0.491 e. The number of ether oxygens (including phenoxy) is 1. The molecule has 1 heterocycles. The summed E-state index contributed by atoms with van der Waals surface area (Å²) < 4.78 is 5.45. The van der Waals surface area contributed by atoms with Gasteiger partial charge in [-0.3, -0.25) is 4.90 Å². The standard InChI is InChI=1S/C16H24Cl2N2O/c1-3-20-7-5-6-13(20)11-19-10-12-8-14(17)16(21-4-2)15(18)9-12/h8-9,13,19H,3-7,10-11H2,1-2H3/t13-/m0/s1. The number of hydrogen-bond acceptors (Lipinski definition) is 3. The summed E-state index contributed by atoms with van der Waals surface area (Å²) in [7, 11) is 0. The number of likely N-dealkylation sites (N-methyl/N-ethyl adjacent to an activating group) is 1. The lowest BCUT2D eigenvalue weighted by Gasteiger charge is -2.23. The van der Waals surface area contributed by atoms with Gasteiger partial charge in [-0.05, 0) is 50.6 Å². The van der Waals surface area contributed by atoms with Crippen LogP contribution in [0.25, 0.3) is 0 Å². The molecule has 3 nitrogen and oxygen atoms in total. The molecule has 1 fully saturated rings. The fourth-order valence-corrected chi connectivity index (χ4v) is 3.56. The Hall–Kier alpha value is -0.480. The number of halogens is 2. The summed E-state index contributed by atoms with van der Waals surface area (Å²) in [6.45, 7) is 8.85. The third kappa shape index (κ3) is 4.49. The fraction of sp³-hybridized carbons (Fsp3) is 0.625. The van der Waals surface area contributed by atoms with E-state index in [-0.39, 0.29) is 0 Å². The van der Waals surface area contributed by atoms with Crippen LogP contribution in [0.1, 0.15) is 32.3 Å². The Balaban J connectivity index is 1.89. The molecule has 0 aromatic heterocycles. The normalized spacial score (nSPS) is 19.1. The van der Waals surface area contributed by atoms with Crippen molar-refractivity contribution in [3.63, 3.8) is 0 Å². The van der Waals surface area contributed by atoms with Gasteiger partial charge >= 0.3 is 0 Å². The van der Waals surface area contributed by atoms with Crippen molar-refractivity contribution in [2.75, 3.05) is 26.2 Å². The smallest absolute Gasteiger partial charge is 0.156 e. The number of nitrogens with one attached hydrogen (secondary N) is 1. The lowest BCUT2D eigenvalue weighted by Crippen LogP contribution is -2.37. The molecule has 1 aliphatic heterocycles. The monoisotopic (exact) mass is 330 g/mol. The van der Waals surface area contributed by atoms with Gasteiger partial charge in [0.15, 0.2) is 5.75 Å². The van der Waals surface area contributed by atoms with Crippen molar-refractivity contribution in [1.29, 1.82) is 0 Å². The van der Waals surface area contributed by atoms with E-state index in [0.29, 0.717) is 28.4 Å². The van der Waals surface area contributed by atoms with Crippen LogP contribution < -0.4 is 10.1 Å². The van der Waals surface area contributed by atoms with Gasteiger partial charge in [-0.2, -0.15) is 0 Å². The second-order valence-corrected chi connectivity index (χ2v) is 6.19. The van der Waals surface area contributed by atoms with Gasteiger partial charge < -0.3 is 10.1 Å². The Morgan fingerprint density at radius 3 is 2.62 bits per heavy atom. The molecule has 1 aromatic rings. The number of hydrogen-bond donors (Lipinski definition) is 1. The predicted molar refractivity (Wildman–Crippen MR) is 89.6 cm³/mol. The van der Waals surface area contributed by atoms with Crippen LogP contribution in [0.4, 0.5) is 0 Å². The summed E-state index contributed by atoms with van der Waals surface area (Å²) in [5.74, 6) is 0.581. The zero-order valence-corrected chi connectivity index (χ0v) is 14.3. The van der Waals surface area contributed by atoms with E-state index in [9.17, 15) is 0 Å². The molecule has 0 amide bonds. The molecule has 1 N–H and O–H groups in total. The minimum absolute atomic E-state index is 0.561. The Morgan fingerprint density at radius 1 is 1.29 bits per heavy atom. The molecular formula is C16H24Cl2N2O. The highest BCUT2D eigenvalue weighted by molar-refractivity contribution is 6.37. The van der Waals surface area contributed by atoms with Gasteiger partial charge in [-0.25, -0.2) is 0 Å². The van der Waals surface area contributed by atoms with E-state index < -0.39 is 0 Å². The van der Waals surface area contributed by atoms with Crippen LogP contribution in [-0.4, -0.2) is 37.2 Å². The molecule has 1 aliphatic rings. The molecule has 21 heavy (non-hydrogen) atoms. The van der Waals surface area contributed by atoms with Crippen LogP contribution in [0, 0.1) is 0 Å². The summed E-state index contributed by atoms with van der Waals surface area (Å²) in [6.07, 6.45) is 2.59. The average molecular weight is 331 g/mol. The Morgan fingerprint density at radius 2 is 2.00 bits per heavy atom. The van der Waals surface area contributed by atoms with Gasteiger partial charge in [-0.1, -0.05) is 30.1 Å². The SMILES string of the molecule is CCOc1c(Cl)cc(CNC[C@@H]2CCCN2CC)cc1Cl. The molecule has 1 aromatic carbocycles. The van der Waals surface area contributed by atoms with Gasteiger partial charge in [0.2, 0.25) is 0 Å². The molecular weight excluding hydrogens is 307 g/mol. The van der Waals surface area contributed by atoms with E-state index >= 15 is 0 Å². The van der Waals surface area contributed by atoms with Crippen molar-refractivity contribution in [2.45, 2.75) is 39.3 Å². The first-order valence-electron chi connectivity index (χ1n) is 7.71. The van der Waals surface area contributed by atoms with E-state index in [1.165, 1.54) is 19.4 Å². The molecule has 1 atom stereocenters. The Bertz CT molecular complexity index is 445. The van der Waals surface area contributed by atoms with Crippen LogP contribution in [0.2, 0.25) is 10.0 Å². The third-order valence-corrected chi connectivity index (χ3v) is 4.52. The predicted octanol–water partition coefficient (Wildman–Crippen LogP) is 3.97. The number of rotatable bonds is 7. The summed E-state index contributed by atoms with van der Waals surface area (Å²) in [5.41, 5.74) is 1.09. The lowest BCUT2D eigenvalue weighted by atomic mass is 10.2. The van der Waals surface area contributed by atoms with Crippen LogP contribution >= 0.6 is 23.2 Å².